The first-order chi connectivity index (χ1) is 10.9. The Balaban J connectivity index is 1.89. The number of sulfonamides is 1. The molecule has 0 bridgehead atoms. The molecule has 2 N–H and O–H groups in total. The van der Waals surface area contributed by atoms with Crippen LogP contribution < -0.4 is 10.0 Å². The van der Waals surface area contributed by atoms with E-state index in [-0.39, 0.29) is 12.5 Å². The van der Waals surface area contributed by atoms with Gasteiger partial charge in [-0.2, -0.15) is 0 Å². The Labute approximate surface area is 135 Å². The second-order valence-corrected chi connectivity index (χ2v) is 6.79. The van der Waals surface area contributed by atoms with Crippen LogP contribution in [0.1, 0.15) is 21.7 Å². The number of nitrogens with zero attached hydrogens (tertiary/aromatic N) is 2. The maximum Gasteiger partial charge on any atom is 0.251 e. The molecular weight excluding hydrogens is 316 g/mol. The first-order valence-corrected chi connectivity index (χ1v) is 8.91. The number of carbonyl (C=O) groups is 1. The fraction of sp³-hybridized carbons (Fsp3) is 0.267. The van der Waals surface area contributed by atoms with Gasteiger partial charge in [0.25, 0.3) is 5.91 Å². The molecule has 122 valence electrons. The molecule has 0 saturated heterocycles. The molecule has 1 amide bonds. The van der Waals surface area contributed by atoms with Crippen molar-refractivity contribution in [1.82, 2.24) is 20.0 Å². The summed E-state index contributed by atoms with van der Waals surface area (Å²) in [5.74, 6) is -0.232. The van der Waals surface area contributed by atoms with Crippen molar-refractivity contribution in [2.75, 3.05) is 12.8 Å². The number of pyridine rings is 2. The highest BCUT2D eigenvalue weighted by molar-refractivity contribution is 7.88. The van der Waals surface area contributed by atoms with Crippen molar-refractivity contribution in [3.8, 4) is 0 Å². The lowest BCUT2D eigenvalue weighted by Gasteiger charge is -2.07. The molecule has 7 nitrogen and oxygen atoms in total. The maximum absolute atomic E-state index is 12.1. The van der Waals surface area contributed by atoms with Crippen LogP contribution in [0, 0.1) is 0 Å². The monoisotopic (exact) mass is 334 g/mol. The van der Waals surface area contributed by atoms with Crippen LogP contribution in [0.4, 0.5) is 0 Å². The molecule has 0 saturated carbocycles. The third kappa shape index (κ3) is 6.13. The summed E-state index contributed by atoms with van der Waals surface area (Å²) in [4.78, 5) is 20.3. The van der Waals surface area contributed by atoms with Crippen LogP contribution in [0.25, 0.3) is 0 Å². The van der Waals surface area contributed by atoms with Gasteiger partial charge in [-0.25, -0.2) is 13.1 Å². The van der Waals surface area contributed by atoms with Crippen LogP contribution in [-0.4, -0.2) is 37.1 Å². The second kappa shape index (κ2) is 7.80. The zero-order valence-corrected chi connectivity index (χ0v) is 13.5. The van der Waals surface area contributed by atoms with Crippen LogP contribution in [0.2, 0.25) is 0 Å². The average molecular weight is 334 g/mol. The summed E-state index contributed by atoms with van der Waals surface area (Å²) >= 11 is 0. The van der Waals surface area contributed by atoms with Crippen molar-refractivity contribution in [2.24, 2.45) is 0 Å². The molecule has 0 fully saturated rings. The SMILES string of the molecule is CS(=O)(=O)NCc1cc(C(=O)NCCc2ccccn2)ccn1. The summed E-state index contributed by atoms with van der Waals surface area (Å²) < 4.78 is 24.5. The highest BCUT2D eigenvalue weighted by Crippen LogP contribution is 2.03. The molecule has 2 rings (SSSR count). The van der Waals surface area contributed by atoms with Gasteiger partial charge in [-0.15, -0.1) is 0 Å². The van der Waals surface area contributed by atoms with Crippen molar-refractivity contribution in [3.05, 3.63) is 59.7 Å². The molecule has 2 aromatic heterocycles. The molecule has 23 heavy (non-hydrogen) atoms. The van der Waals surface area contributed by atoms with E-state index in [1.54, 1.807) is 18.3 Å². The number of rotatable bonds is 7. The minimum Gasteiger partial charge on any atom is -0.352 e. The van der Waals surface area contributed by atoms with E-state index in [1.165, 1.54) is 6.20 Å². The molecule has 0 aliphatic rings. The van der Waals surface area contributed by atoms with Crippen LogP contribution >= 0.6 is 0 Å². The molecule has 0 aliphatic heterocycles. The van der Waals surface area contributed by atoms with Gasteiger partial charge >= 0.3 is 0 Å². The Bertz CT molecular complexity index is 763. The summed E-state index contributed by atoms with van der Waals surface area (Å²) in [5.41, 5.74) is 1.82. The molecule has 0 radical (unpaired) electrons. The number of nitrogens with one attached hydrogen (secondary N) is 2. The molecule has 0 aliphatic carbocycles. The quantitative estimate of drug-likeness (QED) is 0.768. The van der Waals surface area contributed by atoms with Crippen LogP contribution in [0.5, 0.6) is 0 Å². The van der Waals surface area contributed by atoms with E-state index in [1.807, 2.05) is 18.2 Å². The van der Waals surface area contributed by atoms with Gasteiger partial charge in [0, 0.05) is 36.6 Å². The molecule has 2 heterocycles. The molecule has 2 aromatic rings. The number of hydrogen-bond acceptors (Lipinski definition) is 5. The summed E-state index contributed by atoms with van der Waals surface area (Å²) in [6.45, 7) is 0.517. The summed E-state index contributed by atoms with van der Waals surface area (Å²) in [7, 11) is -3.30. The molecule has 8 heteroatoms. The Morgan fingerprint density at radius 1 is 1.13 bits per heavy atom. The average Bonchev–Trinajstić information content (AvgIpc) is 2.53. The number of amides is 1. The lowest BCUT2D eigenvalue weighted by Crippen LogP contribution is -2.26. The summed E-state index contributed by atoms with van der Waals surface area (Å²) in [6.07, 6.45) is 4.90. The van der Waals surface area contributed by atoms with E-state index >= 15 is 0 Å². The number of carbonyl (C=O) groups excluding carboxylic acids is 1. The van der Waals surface area contributed by atoms with Gasteiger partial charge in [0.1, 0.15) is 0 Å². The number of aromatic nitrogens is 2. The van der Waals surface area contributed by atoms with E-state index in [4.69, 9.17) is 0 Å². The van der Waals surface area contributed by atoms with Gasteiger partial charge in [-0.3, -0.25) is 14.8 Å². The fourth-order valence-electron chi connectivity index (χ4n) is 1.87. The highest BCUT2D eigenvalue weighted by atomic mass is 32.2. The van der Waals surface area contributed by atoms with Crippen molar-refractivity contribution in [1.29, 1.82) is 0 Å². The summed E-state index contributed by atoms with van der Waals surface area (Å²) in [5, 5.41) is 2.80. The van der Waals surface area contributed by atoms with E-state index in [2.05, 4.69) is 20.0 Å². The Kier molecular flexibility index (Phi) is 5.78. The van der Waals surface area contributed by atoms with E-state index in [9.17, 15) is 13.2 Å². The van der Waals surface area contributed by atoms with Gasteiger partial charge in [0.15, 0.2) is 0 Å². The lowest BCUT2D eigenvalue weighted by atomic mass is 10.2. The minimum absolute atomic E-state index is 0.0495. The zero-order valence-electron chi connectivity index (χ0n) is 12.7. The van der Waals surface area contributed by atoms with Crippen molar-refractivity contribution in [2.45, 2.75) is 13.0 Å². The van der Waals surface area contributed by atoms with Gasteiger partial charge in [-0.05, 0) is 24.3 Å². The van der Waals surface area contributed by atoms with Crippen LogP contribution in [0.15, 0.2) is 42.7 Å². The van der Waals surface area contributed by atoms with Gasteiger partial charge in [0.2, 0.25) is 10.0 Å². The number of hydrogen-bond donors (Lipinski definition) is 2. The van der Waals surface area contributed by atoms with E-state index < -0.39 is 10.0 Å². The Morgan fingerprint density at radius 2 is 1.91 bits per heavy atom. The fourth-order valence-corrected chi connectivity index (χ4v) is 2.28. The molecule has 0 unspecified atom stereocenters. The minimum atomic E-state index is -3.30. The topological polar surface area (TPSA) is 101 Å². The first kappa shape index (κ1) is 17.0. The van der Waals surface area contributed by atoms with E-state index in [0.717, 1.165) is 11.9 Å². The first-order valence-electron chi connectivity index (χ1n) is 7.02. The zero-order chi connectivity index (χ0) is 16.7. The van der Waals surface area contributed by atoms with Crippen LogP contribution in [-0.2, 0) is 23.0 Å². The van der Waals surface area contributed by atoms with Crippen molar-refractivity contribution < 1.29 is 13.2 Å². The third-order valence-electron chi connectivity index (χ3n) is 2.99. The standard InChI is InChI=1S/C15H18N4O3S/c1-23(21,22)19-11-14-10-12(5-8-17-14)15(20)18-9-6-13-4-2-3-7-16-13/h2-5,7-8,10,19H,6,9,11H2,1H3,(H,18,20). The van der Waals surface area contributed by atoms with Crippen molar-refractivity contribution >= 4 is 15.9 Å². The largest absolute Gasteiger partial charge is 0.352 e. The maximum atomic E-state index is 12.1. The summed E-state index contributed by atoms with van der Waals surface area (Å²) in [6, 6.07) is 8.78. The van der Waals surface area contributed by atoms with Crippen LogP contribution in [0.3, 0.4) is 0 Å². The van der Waals surface area contributed by atoms with Crippen molar-refractivity contribution in [3.63, 3.8) is 0 Å². The highest BCUT2D eigenvalue weighted by Gasteiger charge is 2.08. The van der Waals surface area contributed by atoms with Gasteiger partial charge in [0.05, 0.1) is 18.5 Å². The molecule has 0 spiro atoms. The predicted molar refractivity (Wildman–Crippen MR) is 86.2 cm³/mol. The van der Waals surface area contributed by atoms with Gasteiger partial charge < -0.3 is 5.32 Å². The molecule has 0 aromatic carbocycles. The molecule has 0 atom stereocenters. The second-order valence-electron chi connectivity index (χ2n) is 4.96. The normalized spacial score (nSPS) is 11.2. The van der Waals surface area contributed by atoms with E-state index in [0.29, 0.717) is 24.2 Å². The molecular formula is C15H18N4O3S. The predicted octanol–water partition coefficient (Wildman–Crippen LogP) is 0.498. The Hall–Kier alpha value is -2.32. The Morgan fingerprint density at radius 3 is 2.61 bits per heavy atom. The van der Waals surface area contributed by atoms with Gasteiger partial charge in [-0.1, -0.05) is 6.07 Å². The third-order valence-corrected chi connectivity index (χ3v) is 3.66. The lowest BCUT2D eigenvalue weighted by molar-refractivity contribution is 0.0954. The smallest absolute Gasteiger partial charge is 0.251 e.